The van der Waals surface area contributed by atoms with E-state index in [1.54, 1.807) is 0 Å². The molecule has 1 saturated heterocycles. The molecule has 2 nitrogen and oxygen atoms in total. The lowest BCUT2D eigenvalue weighted by Crippen LogP contribution is -2.52. The fourth-order valence-electron chi connectivity index (χ4n) is 4.40. The molecule has 0 aromatic heterocycles. The molecule has 0 spiro atoms. The molecule has 16 heavy (non-hydrogen) atoms. The van der Waals surface area contributed by atoms with Crippen LogP contribution in [0.5, 0.6) is 0 Å². The first-order chi connectivity index (χ1) is 7.43. The van der Waals surface area contributed by atoms with Crippen molar-refractivity contribution in [2.24, 2.45) is 17.3 Å². The van der Waals surface area contributed by atoms with Crippen LogP contribution in [-0.2, 0) is 0 Å². The van der Waals surface area contributed by atoms with E-state index in [1.165, 1.54) is 32.4 Å². The Morgan fingerprint density at radius 2 is 1.69 bits per heavy atom. The Labute approximate surface area is 99.0 Å². The maximum absolute atomic E-state index is 10.7. The predicted octanol–water partition coefficient (Wildman–Crippen LogP) is 2.27. The standard InChI is InChI=1S/C14H25NO/c1-13(2)10-8-12(15-6-4-5-7-15)14(3,16)9-11(10)13/h10-12,16H,4-9H2,1-3H3/t10-,11+,12?,14?/m1/s1. The van der Waals surface area contributed by atoms with Gasteiger partial charge in [0.25, 0.3) is 0 Å². The van der Waals surface area contributed by atoms with Crippen LogP contribution < -0.4 is 0 Å². The normalized spacial score (nSPS) is 51.4. The summed E-state index contributed by atoms with van der Waals surface area (Å²) in [4.78, 5) is 2.55. The molecule has 1 N–H and O–H groups in total. The van der Waals surface area contributed by atoms with Crippen molar-refractivity contribution >= 4 is 0 Å². The third-order valence-corrected chi connectivity index (χ3v) is 5.70. The van der Waals surface area contributed by atoms with E-state index in [4.69, 9.17) is 0 Å². The second kappa shape index (κ2) is 3.23. The van der Waals surface area contributed by atoms with Crippen LogP contribution in [0, 0.1) is 17.3 Å². The Hall–Kier alpha value is -0.0800. The van der Waals surface area contributed by atoms with Crippen LogP contribution in [0.15, 0.2) is 0 Å². The van der Waals surface area contributed by atoms with Crippen molar-refractivity contribution in [2.45, 2.75) is 58.1 Å². The number of hydrogen-bond acceptors (Lipinski definition) is 2. The summed E-state index contributed by atoms with van der Waals surface area (Å²) in [5.41, 5.74) is 0.0533. The molecule has 2 aliphatic carbocycles. The summed E-state index contributed by atoms with van der Waals surface area (Å²) in [7, 11) is 0. The van der Waals surface area contributed by atoms with Crippen molar-refractivity contribution in [3.05, 3.63) is 0 Å². The van der Waals surface area contributed by atoms with Gasteiger partial charge in [0.1, 0.15) is 0 Å². The molecule has 2 saturated carbocycles. The monoisotopic (exact) mass is 223 g/mol. The molecular weight excluding hydrogens is 198 g/mol. The quantitative estimate of drug-likeness (QED) is 0.737. The Kier molecular flexibility index (Phi) is 2.23. The van der Waals surface area contributed by atoms with Crippen LogP contribution in [0.4, 0.5) is 0 Å². The predicted molar refractivity (Wildman–Crippen MR) is 65.2 cm³/mol. The summed E-state index contributed by atoms with van der Waals surface area (Å²) in [6.07, 6.45) is 4.89. The molecule has 0 aromatic rings. The van der Waals surface area contributed by atoms with Crippen molar-refractivity contribution in [3.63, 3.8) is 0 Å². The molecule has 3 fully saturated rings. The summed E-state index contributed by atoms with van der Waals surface area (Å²) < 4.78 is 0. The minimum Gasteiger partial charge on any atom is -0.389 e. The number of rotatable bonds is 1. The molecule has 1 aliphatic heterocycles. The second-order valence-corrected chi connectivity index (χ2v) is 7.09. The van der Waals surface area contributed by atoms with Crippen molar-refractivity contribution in [1.82, 2.24) is 4.90 Å². The molecule has 0 bridgehead atoms. The van der Waals surface area contributed by atoms with E-state index in [0.29, 0.717) is 11.5 Å². The van der Waals surface area contributed by atoms with Crippen LogP contribution in [0.1, 0.15) is 46.5 Å². The van der Waals surface area contributed by atoms with Crippen LogP contribution in [-0.4, -0.2) is 34.7 Å². The van der Waals surface area contributed by atoms with Gasteiger partial charge < -0.3 is 5.11 Å². The smallest absolute Gasteiger partial charge is 0.0777 e. The van der Waals surface area contributed by atoms with Crippen molar-refractivity contribution in [2.75, 3.05) is 13.1 Å². The summed E-state index contributed by atoms with van der Waals surface area (Å²) in [5.74, 6) is 1.65. The third kappa shape index (κ3) is 1.46. The lowest BCUT2D eigenvalue weighted by atomic mass is 9.81. The van der Waals surface area contributed by atoms with Gasteiger partial charge in [0.2, 0.25) is 0 Å². The fourth-order valence-corrected chi connectivity index (χ4v) is 4.40. The maximum atomic E-state index is 10.7. The second-order valence-electron chi connectivity index (χ2n) is 7.09. The highest BCUT2D eigenvalue weighted by Gasteiger charge is 2.64. The van der Waals surface area contributed by atoms with Gasteiger partial charge in [-0.3, -0.25) is 4.90 Å². The third-order valence-electron chi connectivity index (χ3n) is 5.70. The van der Waals surface area contributed by atoms with E-state index >= 15 is 0 Å². The number of hydrogen-bond donors (Lipinski definition) is 1. The zero-order valence-electron chi connectivity index (χ0n) is 10.9. The molecule has 92 valence electrons. The maximum Gasteiger partial charge on any atom is 0.0777 e. The molecule has 2 heteroatoms. The van der Waals surface area contributed by atoms with Gasteiger partial charge in [0.15, 0.2) is 0 Å². The zero-order valence-corrected chi connectivity index (χ0v) is 10.9. The first kappa shape index (κ1) is 11.0. The highest BCUT2D eigenvalue weighted by atomic mass is 16.3. The molecule has 4 atom stereocenters. The SMILES string of the molecule is CC1(O)C[C@H]2[C@@H](CC1N1CCCC1)C2(C)C. The Morgan fingerprint density at radius 1 is 1.06 bits per heavy atom. The molecule has 2 unspecified atom stereocenters. The van der Waals surface area contributed by atoms with Crippen LogP contribution in [0.3, 0.4) is 0 Å². The van der Waals surface area contributed by atoms with E-state index in [0.717, 1.165) is 18.3 Å². The molecule has 1 heterocycles. The van der Waals surface area contributed by atoms with Crippen LogP contribution in [0.25, 0.3) is 0 Å². The van der Waals surface area contributed by atoms with E-state index in [9.17, 15) is 5.11 Å². The first-order valence-corrected chi connectivity index (χ1v) is 6.89. The van der Waals surface area contributed by atoms with Crippen molar-refractivity contribution in [3.8, 4) is 0 Å². The minimum atomic E-state index is -0.445. The Morgan fingerprint density at radius 3 is 2.31 bits per heavy atom. The van der Waals surface area contributed by atoms with E-state index in [1.807, 2.05) is 0 Å². The van der Waals surface area contributed by atoms with Crippen LogP contribution >= 0.6 is 0 Å². The van der Waals surface area contributed by atoms with Crippen molar-refractivity contribution < 1.29 is 5.11 Å². The highest BCUT2D eigenvalue weighted by Crippen LogP contribution is 2.66. The summed E-state index contributed by atoms with van der Waals surface area (Å²) in [5, 5.41) is 10.7. The largest absolute Gasteiger partial charge is 0.389 e. The topological polar surface area (TPSA) is 23.5 Å². The van der Waals surface area contributed by atoms with Crippen LogP contribution in [0.2, 0.25) is 0 Å². The van der Waals surface area contributed by atoms with Gasteiger partial charge in [-0.15, -0.1) is 0 Å². The lowest BCUT2D eigenvalue weighted by Gasteiger charge is -2.42. The number of nitrogens with zero attached hydrogens (tertiary/aromatic N) is 1. The lowest BCUT2D eigenvalue weighted by molar-refractivity contribution is -0.0566. The van der Waals surface area contributed by atoms with E-state index in [-0.39, 0.29) is 0 Å². The van der Waals surface area contributed by atoms with Gasteiger partial charge in [-0.1, -0.05) is 13.8 Å². The Bertz CT molecular complexity index is 291. The van der Waals surface area contributed by atoms with E-state index in [2.05, 4.69) is 25.7 Å². The summed E-state index contributed by atoms with van der Waals surface area (Å²) >= 11 is 0. The molecule has 0 aromatic carbocycles. The van der Waals surface area contributed by atoms with Gasteiger partial charge >= 0.3 is 0 Å². The van der Waals surface area contributed by atoms with Gasteiger partial charge in [0, 0.05) is 6.04 Å². The molecule has 0 amide bonds. The fraction of sp³-hybridized carbons (Fsp3) is 1.00. The molecule has 0 radical (unpaired) electrons. The first-order valence-electron chi connectivity index (χ1n) is 6.89. The Balaban J connectivity index is 1.78. The average Bonchev–Trinajstić information content (AvgIpc) is 2.64. The average molecular weight is 223 g/mol. The minimum absolute atomic E-state index is 0.429. The highest BCUT2D eigenvalue weighted by molar-refractivity contribution is 5.14. The number of likely N-dealkylation sites (tertiary alicyclic amines) is 1. The number of fused-ring (bicyclic) bond motifs is 1. The van der Waals surface area contributed by atoms with Gasteiger partial charge in [-0.05, 0) is 62.9 Å². The summed E-state index contributed by atoms with van der Waals surface area (Å²) in [6.45, 7) is 9.24. The van der Waals surface area contributed by atoms with Gasteiger partial charge in [0.05, 0.1) is 5.60 Å². The summed E-state index contributed by atoms with van der Waals surface area (Å²) in [6, 6.07) is 0.429. The molecule has 3 rings (SSSR count). The van der Waals surface area contributed by atoms with E-state index < -0.39 is 5.60 Å². The van der Waals surface area contributed by atoms with Crippen molar-refractivity contribution in [1.29, 1.82) is 0 Å². The van der Waals surface area contributed by atoms with Gasteiger partial charge in [-0.25, -0.2) is 0 Å². The molecule has 3 aliphatic rings. The van der Waals surface area contributed by atoms with Gasteiger partial charge in [-0.2, -0.15) is 0 Å². The zero-order chi connectivity index (χ0) is 11.6. The molecular formula is C14H25NO. The number of aliphatic hydroxyl groups is 1.